The van der Waals surface area contributed by atoms with Crippen LogP contribution >= 0.6 is 0 Å². The van der Waals surface area contributed by atoms with Crippen molar-refractivity contribution < 1.29 is 19.1 Å². The molecule has 0 bridgehead atoms. The minimum atomic E-state index is -1.12. The fourth-order valence-corrected chi connectivity index (χ4v) is 9.35. The highest BCUT2D eigenvalue weighted by Gasteiger charge is 2.60. The van der Waals surface area contributed by atoms with Gasteiger partial charge in [-0.2, -0.15) is 0 Å². The molecule has 0 saturated heterocycles. The van der Waals surface area contributed by atoms with Gasteiger partial charge in [-0.1, -0.05) is 65.5 Å². The van der Waals surface area contributed by atoms with Crippen LogP contribution in [-0.4, -0.2) is 17.7 Å². The van der Waals surface area contributed by atoms with E-state index in [1.807, 2.05) is 0 Å². The van der Waals surface area contributed by atoms with Crippen LogP contribution in [0.3, 0.4) is 0 Å². The molecule has 4 aliphatic carbocycles. The Kier molecular flexibility index (Phi) is 7.53. The Bertz CT molecular complexity index is 827. The van der Waals surface area contributed by atoms with Gasteiger partial charge in [-0.25, -0.2) is 0 Å². The van der Waals surface area contributed by atoms with Gasteiger partial charge < -0.3 is 9.47 Å². The molecule has 198 valence electrons. The van der Waals surface area contributed by atoms with Gasteiger partial charge in [0.25, 0.3) is 5.79 Å². The number of ether oxygens (including phenoxy) is 2. The molecule has 0 aromatic rings. The molecule has 0 heterocycles. The SMILES string of the molecule is CC(=O)OC1(OC(C)=O)CC[C@@]2(C)C(=CC[C@H]3[C@@H]4CC[C@H]([C@H](C)CCCC(C)C)[C@@]4(C)CC[C@@H]32)C1. The number of carbonyl (C=O) groups is 2. The quantitative estimate of drug-likeness (QED) is 0.209. The Balaban J connectivity index is 1.52. The van der Waals surface area contributed by atoms with Gasteiger partial charge in [-0.3, -0.25) is 9.59 Å². The van der Waals surface area contributed by atoms with E-state index in [0.29, 0.717) is 24.2 Å². The lowest BCUT2D eigenvalue weighted by atomic mass is 9.46. The van der Waals surface area contributed by atoms with Gasteiger partial charge in [0.05, 0.1) is 0 Å². The molecule has 0 N–H and O–H groups in total. The predicted octanol–water partition coefficient (Wildman–Crippen LogP) is 7.85. The Morgan fingerprint density at radius 3 is 2.26 bits per heavy atom. The Morgan fingerprint density at radius 2 is 1.63 bits per heavy atom. The van der Waals surface area contributed by atoms with Crippen LogP contribution in [-0.2, 0) is 19.1 Å². The van der Waals surface area contributed by atoms with Crippen LogP contribution in [0.15, 0.2) is 11.6 Å². The Hall–Kier alpha value is -1.32. The van der Waals surface area contributed by atoms with Gasteiger partial charge in [-0.05, 0) is 84.9 Å². The van der Waals surface area contributed by atoms with E-state index in [2.05, 4.69) is 40.7 Å². The van der Waals surface area contributed by atoms with Crippen LogP contribution < -0.4 is 0 Å². The molecule has 4 heteroatoms. The molecule has 0 aromatic carbocycles. The predicted molar refractivity (Wildman–Crippen MR) is 139 cm³/mol. The van der Waals surface area contributed by atoms with E-state index in [0.717, 1.165) is 42.4 Å². The van der Waals surface area contributed by atoms with Crippen molar-refractivity contribution in [1.82, 2.24) is 0 Å². The van der Waals surface area contributed by atoms with Crippen molar-refractivity contribution in [3.8, 4) is 0 Å². The number of fused-ring (bicyclic) bond motifs is 5. The van der Waals surface area contributed by atoms with Gasteiger partial charge in [0.2, 0.25) is 0 Å². The number of esters is 2. The summed E-state index contributed by atoms with van der Waals surface area (Å²) in [7, 11) is 0. The Morgan fingerprint density at radius 1 is 0.943 bits per heavy atom. The minimum absolute atomic E-state index is 0.120. The summed E-state index contributed by atoms with van der Waals surface area (Å²) >= 11 is 0. The number of carbonyl (C=O) groups excluding carboxylic acids is 2. The molecule has 0 spiro atoms. The molecule has 0 unspecified atom stereocenters. The number of allylic oxidation sites excluding steroid dienone is 1. The highest BCUT2D eigenvalue weighted by atomic mass is 16.7. The summed E-state index contributed by atoms with van der Waals surface area (Å²) in [4.78, 5) is 23.8. The van der Waals surface area contributed by atoms with Gasteiger partial charge in [0.15, 0.2) is 0 Å². The summed E-state index contributed by atoms with van der Waals surface area (Å²) in [5.41, 5.74) is 1.95. The van der Waals surface area contributed by atoms with Gasteiger partial charge in [0.1, 0.15) is 0 Å². The van der Waals surface area contributed by atoms with Crippen molar-refractivity contribution in [1.29, 1.82) is 0 Å². The monoisotopic (exact) mass is 486 g/mol. The van der Waals surface area contributed by atoms with E-state index >= 15 is 0 Å². The summed E-state index contributed by atoms with van der Waals surface area (Å²) in [6.45, 7) is 15.1. The van der Waals surface area contributed by atoms with Crippen LogP contribution in [0.2, 0.25) is 0 Å². The summed E-state index contributed by atoms with van der Waals surface area (Å²) in [5, 5.41) is 0. The maximum absolute atomic E-state index is 11.9. The molecule has 3 fully saturated rings. The highest BCUT2D eigenvalue weighted by molar-refractivity contribution is 5.69. The molecule has 35 heavy (non-hydrogen) atoms. The zero-order valence-corrected chi connectivity index (χ0v) is 23.5. The van der Waals surface area contributed by atoms with Crippen molar-refractivity contribution in [2.75, 3.05) is 0 Å². The van der Waals surface area contributed by atoms with Crippen LogP contribution in [0.25, 0.3) is 0 Å². The summed E-state index contributed by atoms with van der Waals surface area (Å²) < 4.78 is 11.3. The fourth-order valence-electron chi connectivity index (χ4n) is 9.35. The maximum atomic E-state index is 11.9. The molecule has 0 aliphatic heterocycles. The molecule has 0 radical (unpaired) electrons. The van der Waals surface area contributed by atoms with Gasteiger partial charge in [0, 0.05) is 26.7 Å². The molecule has 4 nitrogen and oxygen atoms in total. The molecule has 3 saturated carbocycles. The average Bonchev–Trinajstić information content (AvgIpc) is 3.10. The smallest absolute Gasteiger partial charge is 0.305 e. The summed E-state index contributed by atoms with van der Waals surface area (Å²) in [6.07, 6.45) is 15.2. The van der Waals surface area contributed by atoms with Crippen LogP contribution in [0.1, 0.15) is 119 Å². The van der Waals surface area contributed by atoms with Crippen molar-refractivity contribution in [2.45, 2.75) is 125 Å². The normalized spacial score (nSPS) is 38.6. The molecular formula is C31H50O4. The van der Waals surface area contributed by atoms with Crippen molar-refractivity contribution in [2.24, 2.45) is 46.3 Å². The second kappa shape index (κ2) is 9.86. The highest BCUT2D eigenvalue weighted by Crippen LogP contribution is 2.68. The van der Waals surface area contributed by atoms with E-state index in [1.165, 1.54) is 64.4 Å². The van der Waals surface area contributed by atoms with E-state index in [1.54, 1.807) is 0 Å². The molecule has 7 atom stereocenters. The molecular weight excluding hydrogens is 436 g/mol. The maximum Gasteiger partial charge on any atom is 0.305 e. The molecule has 0 aromatic heterocycles. The van der Waals surface area contributed by atoms with Gasteiger partial charge in [-0.15, -0.1) is 0 Å². The first-order valence-electron chi connectivity index (χ1n) is 14.5. The minimum Gasteiger partial charge on any atom is -0.422 e. The van der Waals surface area contributed by atoms with Crippen molar-refractivity contribution in [3.63, 3.8) is 0 Å². The first-order chi connectivity index (χ1) is 16.4. The van der Waals surface area contributed by atoms with E-state index in [-0.39, 0.29) is 17.4 Å². The third-order valence-corrected chi connectivity index (χ3v) is 11.0. The second-order valence-corrected chi connectivity index (χ2v) is 13.6. The lowest BCUT2D eigenvalue weighted by Crippen LogP contribution is -2.54. The zero-order chi connectivity index (χ0) is 25.6. The second-order valence-electron chi connectivity index (χ2n) is 13.6. The standard InChI is InChI=1S/C31H50O4/c1-20(2)9-8-10-21(3)26-13-14-27-25-12-11-24-19-31(34-22(4)32,35-23(5)33)18-17-29(24,6)28(25)15-16-30(26,27)7/h11,20-21,25-28H,8-10,12-19H2,1-7H3/t21-,25+,26-,27+,28+,29+,30-/m1/s1. The molecule has 4 rings (SSSR count). The lowest BCUT2D eigenvalue weighted by Gasteiger charge is -2.59. The zero-order valence-electron chi connectivity index (χ0n) is 23.5. The summed E-state index contributed by atoms with van der Waals surface area (Å²) in [6, 6.07) is 0. The number of rotatable bonds is 7. The molecule has 4 aliphatic rings. The Labute approximate surface area is 214 Å². The van der Waals surface area contributed by atoms with Crippen LogP contribution in [0, 0.1) is 46.3 Å². The summed E-state index contributed by atoms with van der Waals surface area (Å²) in [5.74, 6) is 2.89. The van der Waals surface area contributed by atoms with Crippen LogP contribution in [0.4, 0.5) is 0 Å². The largest absolute Gasteiger partial charge is 0.422 e. The lowest BCUT2D eigenvalue weighted by molar-refractivity contribution is -0.238. The van der Waals surface area contributed by atoms with E-state index in [9.17, 15) is 9.59 Å². The van der Waals surface area contributed by atoms with Crippen molar-refractivity contribution in [3.05, 3.63) is 11.6 Å². The van der Waals surface area contributed by atoms with Gasteiger partial charge >= 0.3 is 11.9 Å². The fraction of sp³-hybridized carbons (Fsp3) is 0.871. The van der Waals surface area contributed by atoms with E-state index < -0.39 is 5.79 Å². The third kappa shape index (κ3) is 4.97. The number of hydrogen-bond acceptors (Lipinski definition) is 4. The topological polar surface area (TPSA) is 52.6 Å². The van der Waals surface area contributed by atoms with Crippen LogP contribution in [0.5, 0.6) is 0 Å². The first-order valence-corrected chi connectivity index (χ1v) is 14.5. The van der Waals surface area contributed by atoms with E-state index in [4.69, 9.17) is 9.47 Å². The molecule has 0 amide bonds. The first kappa shape index (κ1) is 26.7. The third-order valence-electron chi connectivity index (χ3n) is 11.0. The number of hydrogen-bond donors (Lipinski definition) is 0. The van der Waals surface area contributed by atoms with Crippen molar-refractivity contribution >= 4 is 11.9 Å². The average molecular weight is 487 g/mol.